The van der Waals surface area contributed by atoms with E-state index < -0.39 is 15.8 Å². The van der Waals surface area contributed by atoms with Crippen molar-refractivity contribution in [3.8, 4) is 0 Å². The molecule has 2 aromatic heterocycles. The fourth-order valence-corrected chi connectivity index (χ4v) is 1.92. The predicted molar refractivity (Wildman–Crippen MR) is 68.2 cm³/mol. The van der Waals surface area contributed by atoms with Crippen molar-refractivity contribution in [2.45, 2.75) is 0 Å². The number of carbonyl (C=O) groups excluding carboxylic acids is 1. The molecule has 0 aliphatic heterocycles. The monoisotopic (exact) mass is 278 g/mol. The molecule has 2 aromatic rings. The molecule has 0 saturated carbocycles. The van der Waals surface area contributed by atoms with Crippen LogP contribution in [0, 0.1) is 0 Å². The quantitative estimate of drug-likeness (QED) is 0.816. The van der Waals surface area contributed by atoms with Crippen LogP contribution in [0.3, 0.4) is 0 Å². The highest BCUT2D eigenvalue weighted by Crippen LogP contribution is 2.16. The van der Waals surface area contributed by atoms with Gasteiger partial charge in [0.05, 0.1) is 11.8 Å². The van der Waals surface area contributed by atoms with Gasteiger partial charge in [0, 0.05) is 12.4 Å². The van der Waals surface area contributed by atoms with Crippen LogP contribution in [-0.2, 0) is 10.0 Å². The number of ketones is 1. The van der Waals surface area contributed by atoms with Gasteiger partial charge in [0.2, 0.25) is 15.8 Å². The lowest BCUT2D eigenvalue weighted by Crippen LogP contribution is -2.15. The zero-order chi connectivity index (χ0) is 13.9. The van der Waals surface area contributed by atoms with Crippen molar-refractivity contribution in [1.82, 2.24) is 15.0 Å². The molecule has 2 rings (SSSR count). The summed E-state index contributed by atoms with van der Waals surface area (Å²) in [5.74, 6) is -0.449. The zero-order valence-electron chi connectivity index (χ0n) is 9.94. The van der Waals surface area contributed by atoms with E-state index in [9.17, 15) is 13.2 Å². The number of anilines is 1. The Morgan fingerprint density at radius 3 is 2.63 bits per heavy atom. The second kappa shape index (κ2) is 5.11. The van der Waals surface area contributed by atoms with Crippen molar-refractivity contribution in [1.29, 1.82) is 0 Å². The summed E-state index contributed by atoms with van der Waals surface area (Å²) >= 11 is 0. The molecule has 0 atom stereocenters. The van der Waals surface area contributed by atoms with Crippen molar-refractivity contribution < 1.29 is 13.2 Å². The van der Waals surface area contributed by atoms with Crippen LogP contribution in [0.2, 0.25) is 0 Å². The topological polar surface area (TPSA) is 102 Å². The van der Waals surface area contributed by atoms with Gasteiger partial charge in [0.25, 0.3) is 0 Å². The molecule has 0 fully saturated rings. The number of hydrogen-bond donors (Lipinski definition) is 1. The number of aromatic nitrogens is 3. The summed E-state index contributed by atoms with van der Waals surface area (Å²) in [7, 11) is -3.51. The van der Waals surface area contributed by atoms with Gasteiger partial charge in [-0.15, -0.1) is 0 Å². The molecule has 1 N–H and O–H groups in total. The molecule has 0 spiro atoms. The molecule has 0 aliphatic rings. The van der Waals surface area contributed by atoms with E-state index in [0.717, 1.165) is 6.26 Å². The van der Waals surface area contributed by atoms with E-state index in [1.807, 2.05) is 0 Å². The largest absolute Gasteiger partial charge is 0.287 e. The fourth-order valence-electron chi connectivity index (χ4n) is 1.41. The first-order chi connectivity index (χ1) is 8.97. The third kappa shape index (κ3) is 3.32. The molecule has 2 heterocycles. The van der Waals surface area contributed by atoms with Crippen LogP contribution in [0.4, 0.5) is 5.82 Å². The van der Waals surface area contributed by atoms with Crippen LogP contribution in [0.25, 0.3) is 0 Å². The van der Waals surface area contributed by atoms with Gasteiger partial charge < -0.3 is 0 Å². The van der Waals surface area contributed by atoms with Gasteiger partial charge in [0.1, 0.15) is 12.0 Å². The van der Waals surface area contributed by atoms with Crippen LogP contribution < -0.4 is 4.72 Å². The van der Waals surface area contributed by atoms with E-state index in [2.05, 4.69) is 19.7 Å². The molecular formula is C11H10N4O3S. The summed E-state index contributed by atoms with van der Waals surface area (Å²) in [6.45, 7) is 0. The molecule has 0 aromatic carbocycles. The normalized spacial score (nSPS) is 11.0. The fraction of sp³-hybridized carbons (Fsp3) is 0.0909. The Morgan fingerprint density at radius 2 is 2.00 bits per heavy atom. The predicted octanol–water partition coefficient (Wildman–Crippen LogP) is 0.474. The maximum atomic E-state index is 12.2. The third-order valence-corrected chi connectivity index (χ3v) is 2.71. The Morgan fingerprint density at radius 1 is 1.21 bits per heavy atom. The van der Waals surface area contributed by atoms with Crippen LogP contribution >= 0.6 is 0 Å². The molecule has 0 radical (unpaired) electrons. The van der Waals surface area contributed by atoms with E-state index in [1.165, 1.54) is 30.9 Å². The number of nitrogens with one attached hydrogen (secondary N) is 1. The Kier molecular flexibility index (Phi) is 3.52. The molecule has 0 saturated heterocycles. The molecule has 7 nitrogen and oxygen atoms in total. The van der Waals surface area contributed by atoms with Crippen LogP contribution in [0.1, 0.15) is 16.1 Å². The van der Waals surface area contributed by atoms with Gasteiger partial charge in [-0.3, -0.25) is 9.52 Å². The average molecular weight is 278 g/mol. The maximum absolute atomic E-state index is 12.2. The lowest BCUT2D eigenvalue weighted by atomic mass is 10.1. The molecule has 8 heteroatoms. The highest BCUT2D eigenvalue weighted by molar-refractivity contribution is 7.92. The SMILES string of the molecule is CS(=O)(=O)Nc1ncccc1C(=O)c1ccncn1. The van der Waals surface area contributed by atoms with E-state index in [-0.39, 0.29) is 17.1 Å². The summed E-state index contributed by atoms with van der Waals surface area (Å²) in [4.78, 5) is 23.6. The van der Waals surface area contributed by atoms with Gasteiger partial charge in [0.15, 0.2) is 5.82 Å². The molecule has 0 amide bonds. The maximum Gasteiger partial charge on any atom is 0.230 e. The summed E-state index contributed by atoms with van der Waals surface area (Å²) < 4.78 is 24.6. The van der Waals surface area contributed by atoms with Crippen molar-refractivity contribution in [3.05, 3.63) is 48.2 Å². The van der Waals surface area contributed by atoms with Crippen LogP contribution in [0.5, 0.6) is 0 Å². The van der Waals surface area contributed by atoms with Crippen molar-refractivity contribution in [2.75, 3.05) is 11.0 Å². The van der Waals surface area contributed by atoms with Gasteiger partial charge >= 0.3 is 0 Å². The lowest BCUT2D eigenvalue weighted by Gasteiger charge is -2.07. The summed E-state index contributed by atoms with van der Waals surface area (Å²) in [6, 6.07) is 4.46. The third-order valence-electron chi connectivity index (χ3n) is 2.15. The molecule has 0 aliphatic carbocycles. The van der Waals surface area contributed by atoms with Gasteiger partial charge in [-0.2, -0.15) is 0 Å². The Hall–Kier alpha value is -2.35. The minimum absolute atomic E-state index is 0.0198. The molecular weight excluding hydrogens is 268 g/mol. The van der Waals surface area contributed by atoms with E-state index in [4.69, 9.17) is 0 Å². The first kappa shape index (κ1) is 13.1. The standard InChI is InChI=1S/C11H10N4O3S/c1-19(17,18)15-11-8(3-2-5-13-11)10(16)9-4-6-12-7-14-9/h2-7H,1H3,(H,13,15). The van der Waals surface area contributed by atoms with Crippen molar-refractivity contribution in [3.63, 3.8) is 0 Å². The van der Waals surface area contributed by atoms with Gasteiger partial charge in [-0.1, -0.05) is 0 Å². The number of pyridine rings is 1. The highest BCUT2D eigenvalue weighted by Gasteiger charge is 2.17. The minimum Gasteiger partial charge on any atom is -0.287 e. The lowest BCUT2D eigenvalue weighted by molar-refractivity contribution is 0.103. The average Bonchev–Trinajstić information content (AvgIpc) is 2.38. The zero-order valence-corrected chi connectivity index (χ0v) is 10.8. The first-order valence-electron chi connectivity index (χ1n) is 5.21. The van der Waals surface area contributed by atoms with Crippen molar-refractivity contribution in [2.24, 2.45) is 0 Å². The van der Waals surface area contributed by atoms with E-state index >= 15 is 0 Å². The Bertz CT molecular complexity index is 701. The van der Waals surface area contributed by atoms with E-state index in [1.54, 1.807) is 6.07 Å². The van der Waals surface area contributed by atoms with E-state index in [0.29, 0.717) is 0 Å². The Balaban J connectivity index is 2.43. The number of sulfonamides is 1. The molecule has 19 heavy (non-hydrogen) atoms. The molecule has 0 bridgehead atoms. The van der Waals surface area contributed by atoms with Crippen LogP contribution in [0.15, 0.2) is 36.9 Å². The number of rotatable bonds is 4. The summed E-state index contributed by atoms with van der Waals surface area (Å²) in [6.07, 6.45) is 5.05. The van der Waals surface area contributed by atoms with Gasteiger partial charge in [-0.05, 0) is 18.2 Å². The summed E-state index contributed by atoms with van der Waals surface area (Å²) in [5, 5.41) is 0. The second-order valence-electron chi connectivity index (χ2n) is 3.70. The number of hydrogen-bond acceptors (Lipinski definition) is 6. The number of nitrogens with zero attached hydrogens (tertiary/aromatic N) is 3. The molecule has 0 unspecified atom stereocenters. The smallest absolute Gasteiger partial charge is 0.230 e. The van der Waals surface area contributed by atoms with Crippen LogP contribution in [-0.4, -0.2) is 35.4 Å². The second-order valence-corrected chi connectivity index (χ2v) is 5.45. The van der Waals surface area contributed by atoms with Gasteiger partial charge in [-0.25, -0.2) is 23.4 Å². The first-order valence-corrected chi connectivity index (χ1v) is 7.10. The van der Waals surface area contributed by atoms with Crippen molar-refractivity contribution >= 4 is 21.6 Å². The highest BCUT2D eigenvalue weighted by atomic mass is 32.2. The minimum atomic E-state index is -3.51. The molecule has 98 valence electrons. The Labute approximate surface area is 109 Å². The number of carbonyl (C=O) groups is 1. The summed E-state index contributed by atoms with van der Waals surface area (Å²) in [5.41, 5.74) is 0.297.